The first kappa shape index (κ1) is 21.2. The summed E-state index contributed by atoms with van der Waals surface area (Å²) < 4.78 is 11.4. The molecule has 0 aromatic carbocycles. The second kappa shape index (κ2) is 10.9. The van der Waals surface area contributed by atoms with Gasteiger partial charge in [0.1, 0.15) is 11.5 Å². The van der Waals surface area contributed by atoms with E-state index in [0.29, 0.717) is 12.6 Å². The van der Waals surface area contributed by atoms with Crippen molar-refractivity contribution in [2.75, 3.05) is 39.4 Å². The highest BCUT2D eigenvalue weighted by Crippen LogP contribution is 2.24. The Hall–Kier alpha value is -0.800. The lowest BCUT2D eigenvalue weighted by molar-refractivity contribution is 0.0135. The molecule has 1 atom stereocenters. The van der Waals surface area contributed by atoms with Gasteiger partial charge in [-0.25, -0.2) is 0 Å². The molecule has 1 fully saturated rings. The zero-order valence-electron chi connectivity index (χ0n) is 15.2. The molecule has 1 aliphatic rings. The largest absolute Gasteiger partial charge is 0.465 e. The molecule has 1 saturated heterocycles. The van der Waals surface area contributed by atoms with Gasteiger partial charge in [-0.3, -0.25) is 9.89 Å². The van der Waals surface area contributed by atoms with E-state index in [-0.39, 0.29) is 30.0 Å². The van der Waals surface area contributed by atoms with Gasteiger partial charge in [0.05, 0.1) is 25.8 Å². The molecular weight excluding hydrogens is 419 g/mol. The Bertz CT molecular complexity index is 499. The summed E-state index contributed by atoms with van der Waals surface area (Å²) in [5, 5.41) is 6.65. The average molecular weight is 450 g/mol. The van der Waals surface area contributed by atoms with E-state index in [2.05, 4.69) is 42.4 Å². The van der Waals surface area contributed by atoms with E-state index >= 15 is 0 Å². The van der Waals surface area contributed by atoms with Gasteiger partial charge >= 0.3 is 0 Å². The van der Waals surface area contributed by atoms with Crippen LogP contribution in [0.1, 0.15) is 38.3 Å². The minimum atomic E-state index is 0. The van der Waals surface area contributed by atoms with Crippen LogP contribution in [0.3, 0.4) is 0 Å². The summed E-state index contributed by atoms with van der Waals surface area (Å²) in [4.78, 5) is 7.16. The Balaban J connectivity index is 0.00000288. The Morgan fingerprint density at radius 1 is 1.29 bits per heavy atom. The lowest BCUT2D eigenvalue weighted by atomic mass is 10.1. The zero-order valence-corrected chi connectivity index (χ0v) is 17.5. The first-order chi connectivity index (χ1) is 11.1. The van der Waals surface area contributed by atoms with E-state index in [4.69, 9.17) is 14.1 Å². The maximum atomic E-state index is 5.88. The minimum Gasteiger partial charge on any atom is -0.465 e. The topological polar surface area (TPSA) is 62.0 Å². The van der Waals surface area contributed by atoms with Crippen molar-refractivity contribution in [3.05, 3.63) is 23.7 Å². The van der Waals surface area contributed by atoms with Crippen LogP contribution in [0.4, 0.5) is 0 Å². The number of nitrogens with zero attached hydrogens (tertiary/aromatic N) is 2. The molecule has 138 valence electrons. The molecule has 1 unspecified atom stereocenters. The van der Waals surface area contributed by atoms with Crippen molar-refractivity contribution < 1.29 is 9.15 Å². The summed E-state index contributed by atoms with van der Waals surface area (Å²) in [5.41, 5.74) is 0. The number of guanidine groups is 1. The van der Waals surface area contributed by atoms with E-state index in [1.54, 1.807) is 0 Å². The fraction of sp³-hybridized carbons (Fsp3) is 0.706. The maximum absolute atomic E-state index is 5.88. The number of aryl methyl sites for hydroxylation is 1. The summed E-state index contributed by atoms with van der Waals surface area (Å²) in [6.07, 6.45) is 0. The van der Waals surface area contributed by atoms with Crippen LogP contribution in [0.5, 0.6) is 0 Å². The van der Waals surface area contributed by atoms with Crippen molar-refractivity contribution in [1.82, 2.24) is 15.5 Å². The smallest absolute Gasteiger partial charge is 0.191 e. The molecule has 0 bridgehead atoms. The molecule has 0 spiro atoms. The maximum Gasteiger partial charge on any atom is 0.191 e. The van der Waals surface area contributed by atoms with Gasteiger partial charge in [-0.05, 0) is 39.8 Å². The quantitative estimate of drug-likeness (QED) is 0.397. The Morgan fingerprint density at radius 3 is 2.54 bits per heavy atom. The van der Waals surface area contributed by atoms with E-state index in [9.17, 15) is 0 Å². The molecular formula is C17H31IN4O2. The summed E-state index contributed by atoms with van der Waals surface area (Å²) in [6, 6.07) is 4.58. The standard InChI is InChI=1S/C17H30N4O2.HI/c1-5-18-17(20-13(2)3)19-12-15(16-7-6-14(4)23-16)21-8-10-22-11-9-21;/h6-7,13,15H,5,8-12H2,1-4H3,(H2,18,19,20);1H. The second-order valence-corrected chi connectivity index (χ2v) is 6.13. The van der Waals surface area contributed by atoms with Crippen molar-refractivity contribution in [2.24, 2.45) is 4.99 Å². The minimum absolute atomic E-state index is 0. The zero-order chi connectivity index (χ0) is 16.7. The number of aliphatic imine (C=N–C) groups is 1. The predicted octanol–water partition coefficient (Wildman–Crippen LogP) is 2.54. The number of hydrogen-bond acceptors (Lipinski definition) is 4. The van der Waals surface area contributed by atoms with Crippen molar-refractivity contribution in [1.29, 1.82) is 0 Å². The summed E-state index contributed by atoms with van der Waals surface area (Å²) >= 11 is 0. The van der Waals surface area contributed by atoms with Crippen LogP contribution in [-0.4, -0.2) is 56.3 Å². The lowest BCUT2D eigenvalue weighted by Crippen LogP contribution is -2.43. The van der Waals surface area contributed by atoms with Crippen LogP contribution in [0, 0.1) is 6.92 Å². The molecule has 1 aliphatic heterocycles. The van der Waals surface area contributed by atoms with Crippen molar-refractivity contribution in [2.45, 2.75) is 39.8 Å². The highest BCUT2D eigenvalue weighted by atomic mass is 127. The Morgan fingerprint density at radius 2 is 2.00 bits per heavy atom. The molecule has 0 amide bonds. The molecule has 2 N–H and O–H groups in total. The third-order valence-corrected chi connectivity index (χ3v) is 3.77. The van der Waals surface area contributed by atoms with Crippen molar-refractivity contribution in [3.63, 3.8) is 0 Å². The normalized spacial score (nSPS) is 17.5. The van der Waals surface area contributed by atoms with E-state index < -0.39 is 0 Å². The highest BCUT2D eigenvalue weighted by molar-refractivity contribution is 14.0. The number of hydrogen-bond donors (Lipinski definition) is 2. The number of ether oxygens (including phenoxy) is 1. The molecule has 2 heterocycles. The molecule has 6 nitrogen and oxygen atoms in total. The van der Waals surface area contributed by atoms with Gasteiger partial charge in [-0.1, -0.05) is 0 Å². The number of halogens is 1. The van der Waals surface area contributed by atoms with Crippen LogP contribution in [0.2, 0.25) is 0 Å². The molecule has 0 radical (unpaired) electrons. The van der Waals surface area contributed by atoms with Crippen LogP contribution in [0.15, 0.2) is 21.5 Å². The van der Waals surface area contributed by atoms with Gasteiger partial charge in [-0.15, -0.1) is 24.0 Å². The monoisotopic (exact) mass is 450 g/mol. The number of morpholine rings is 1. The highest BCUT2D eigenvalue weighted by Gasteiger charge is 2.25. The molecule has 1 aromatic heterocycles. The fourth-order valence-electron chi connectivity index (χ4n) is 2.68. The fourth-order valence-corrected chi connectivity index (χ4v) is 2.68. The van der Waals surface area contributed by atoms with Gasteiger partial charge in [0.2, 0.25) is 0 Å². The third kappa shape index (κ3) is 6.60. The predicted molar refractivity (Wildman–Crippen MR) is 108 cm³/mol. The lowest BCUT2D eigenvalue weighted by Gasteiger charge is -2.32. The Kier molecular flexibility index (Phi) is 9.68. The van der Waals surface area contributed by atoms with Crippen LogP contribution in [-0.2, 0) is 4.74 Å². The Labute approximate surface area is 162 Å². The molecule has 2 rings (SSSR count). The second-order valence-electron chi connectivity index (χ2n) is 6.13. The number of rotatable bonds is 6. The van der Waals surface area contributed by atoms with Crippen LogP contribution < -0.4 is 10.6 Å². The SMILES string of the molecule is CCNC(=NCC(c1ccc(C)o1)N1CCOCC1)NC(C)C.I. The third-order valence-electron chi connectivity index (χ3n) is 3.77. The first-order valence-electron chi connectivity index (χ1n) is 8.53. The van der Waals surface area contributed by atoms with Crippen molar-refractivity contribution >= 4 is 29.9 Å². The van der Waals surface area contributed by atoms with Gasteiger partial charge < -0.3 is 19.8 Å². The molecule has 0 aliphatic carbocycles. The molecule has 7 heteroatoms. The number of furan rings is 1. The van der Waals surface area contributed by atoms with Crippen LogP contribution in [0.25, 0.3) is 0 Å². The van der Waals surface area contributed by atoms with Gasteiger partial charge in [-0.2, -0.15) is 0 Å². The summed E-state index contributed by atoms with van der Waals surface area (Å²) in [5.74, 6) is 2.77. The summed E-state index contributed by atoms with van der Waals surface area (Å²) in [6.45, 7) is 13.1. The number of nitrogens with one attached hydrogen (secondary N) is 2. The van der Waals surface area contributed by atoms with E-state index in [0.717, 1.165) is 50.3 Å². The summed E-state index contributed by atoms with van der Waals surface area (Å²) in [7, 11) is 0. The van der Waals surface area contributed by atoms with E-state index in [1.807, 2.05) is 13.0 Å². The molecule has 1 aromatic rings. The molecule has 24 heavy (non-hydrogen) atoms. The van der Waals surface area contributed by atoms with E-state index in [1.165, 1.54) is 0 Å². The van der Waals surface area contributed by atoms with Crippen LogP contribution >= 0.6 is 24.0 Å². The average Bonchev–Trinajstić information content (AvgIpc) is 2.94. The van der Waals surface area contributed by atoms with Gasteiger partial charge in [0.15, 0.2) is 5.96 Å². The van der Waals surface area contributed by atoms with Crippen molar-refractivity contribution in [3.8, 4) is 0 Å². The van der Waals surface area contributed by atoms with Gasteiger partial charge in [0.25, 0.3) is 0 Å². The molecule has 0 saturated carbocycles. The van der Waals surface area contributed by atoms with Gasteiger partial charge in [0, 0.05) is 25.7 Å². The first-order valence-corrected chi connectivity index (χ1v) is 8.53.